The van der Waals surface area contributed by atoms with E-state index in [-0.39, 0.29) is 12.5 Å². The van der Waals surface area contributed by atoms with E-state index in [1.165, 1.54) is 49.5 Å². The van der Waals surface area contributed by atoms with Crippen LogP contribution >= 0.6 is 23.1 Å². The van der Waals surface area contributed by atoms with Gasteiger partial charge in [0, 0.05) is 15.7 Å². The van der Waals surface area contributed by atoms with Crippen LogP contribution in [0.25, 0.3) is 0 Å². The highest BCUT2D eigenvalue weighted by atomic mass is 32.2. The van der Waals surface area contributed by atoms with E-state index >= 15 is 0 Å². The number of thiophene rings is 1. The molecular weight excluding hydrogens is 330 g/mol. The van der Waals surface area contributed by atoms with E-state index in [2.05, 4.69) is 5.32 Å². The molecule has 0 aliphatic heterocycles. The van der Waals surface area contributed by atoms with Crippen LogP contribution in [0.4, 0.5) is 0 Å². The average molecular weight is 351 g/mol. The van der Waals surface area contributed by atoms with Gasteiger partial charge in [0.25, 0.3) is 0 Å². The molecule has 0 spiro atoms. The number of hydrogen-bond donors (Lipinski definition) is 2. The van der Waals surface area contributed by atoms with Gasteiger partial charge in [-0.3, -0.25) is 4.79 Å². The predicted octanol–water partition coefficient (Wildman–Crippen LogP) is 3.37. The monoisotopic (exact) mass is 351 g/mol. The van der Waals surface area contributed by atoms with Gasteiger partial charge in [0.1, 0.15) is 5.60 Å². The van der Waals surface area contributed by atoms with Crippen LogP contribution in [0.3, 0.4) is 0 Å². The fourth-order valence-corrected chi connectivity index (χ4v) is 4.87. The van der Waals surface area contributed by atoms with Gasteiger partial charge in [0.05, 0.1) is 24.8 Å². The third kappa shape index (κ3) is 4.00. The van der Waals surface area contributed by atoms with Crippen molar-refractivity contribution < 1.29 is 14.3 Å². The van der Waals surface area contributed by atoms with Crippen LogP contribution in [-0.4, -0.2) is 28.6 Å². The Morgan fingerprint density at radius 1 is 1.43 bits per heavy atom. The number of carbonyl (C=O) groups is 1. The number of amides is 1. The number of carbonyl (C=O) groups excluding carboxylic acids is 1. The molecule has 1 saturated carbocycles. The zero-order valence-corrected chi connectivity index (χ0v) is 14.5. The number of furan rings is 1. The maximum absolute atomic E-state index is 12.1. The SMILES string of the molecule is O=C(CSC1CCCC1)NCC(O)(c1ccoc1)c1cccs1. The molecule has 0 saturated heterocycles. The average Bonchev–Trinajstić information content (AvgIpc) is 3.33. The Hall–Kier alpha value is -1.24. The van der Waals surface area contributed by atoms with Gasteiger partial charge in [-0.1, -0.05) is 18.9 Å². The van der Waals surface area contributed by atoms with Crippen molar-refractivity contribution in [2.75, 3.05) is 12.3 Å². The lowest BCUT2D eigenvalue weighted by Gasteiger charge is -2.26. The molecule has 3 rings (SSSR count). The Morgan fingerprint density at radius 2 is 2.26 bits per heavy atom. The fourth-order valence-electron chi connectivity index (χ4n) is 2.87. The molecule has 0 aromatic carbocycles. The Kier molecular flexibility index (Phi) is 5.46. The van der Waals surface area contributed by atoms with Gasteiger partial charge in [-0.05, 0) is 30.4 Å². The van der Waals surface area contributed by atoms with Crippen molar-refractivity contribution in [3.05, 3.63) is 46.5 Å². The second kappa shape index (κ2) is 7.55. The summed E-state index contributed by atoms with van der Waals surface area (Å²) in [5.41, 5.74) is -0.585. The van der Waals surface area contributed by atoms with Gasteiger partial charge in [-0.2, -0.15) is 0 Å². The summed E-state index contributed by atoms with van der Waals surface area (Å²) in [6.45, 7) is 0.150. The highest BCUT2D eigenvalue weighted by Gasteiger charge is 2.34. The molecule has 6 heteroatoms. The quantitative estimate of drug-likeness (QED) is 0.803. The minimum Gasteiger partial charge on any atom is -0.472 e. The topological polar surface area (TPSA) is 62.5 Å². The minimum atomic E-state index is -1.24. The molecule has 1 aliphatic rings. The van der Waals surface area contributed by atoms with Crippen LogP contribution in [0.5, 0.6) is 0 Å². The van der Waals surface area contributed by atoms with Crippen molar-refractivity contribution in [1.29, 1.82) is 0 Å². The van der Waals surface area contributed by atoms with E-state index in [0.29, 0.717) is 16.6 Å². The molecule has 2 aromatic heterocycles. The van der Waals surface area contributed by atoms with Crippen LogP contribution in [0.15, 0.2) is 40.5 Å². The predicted molar refractivity (Wildman–Crippen MR) is 93.7 cm³/mol. The van der Waals surface area contributed by atoms with E-state index < -0.39 is 5.60 Å². The molecule has 1 atom stereocenters. The summed E-state index contributed by atoms with van der Waals surface area (Å²) in [7, 11) is 0. The van der Waals surface area contributed by atoms with Crippen molar-refractivity contribution in [2.24, 2.45) is 0 Å². The van der Waals surface area contributed by atoms with Crippen LogP contribution in [0.2, 0.25) is 0 Å². The molecule has 4 nitrogen and oxygen atoms in total. The van der Waals surface area contributed by atoms with Gasteiger partial charge < -0.3 is 14.8 Å². The van der Waals surface area contributed by atoms with Crippen LogP contribution in [-0.2, 0) is 10.4 Å². The summed E-state index contributed by atoms with van der Waals surface area (Å²) in [5.74, 6) is 0.428. The second-order valence-electron chi connectivity index (χ2n) is 5.84. The molecule has 0 radical (unpaired) electrons. The molecule has 1 aliphatic carbocycles. The maximum atomic E-state index is 12.1. The molecule has 23 heavy (non-hydrogen) atoms. The number of rotatable bonds is 7. The molecule has 2 N–H and O–H groups in total. The van der Waals surface area contributed by atoms with Crippen molar-refractivity contribution >= 4 is 29.0 Å². The number of nitrogens with one attached hydrogen (secondary N) is 1. The Morgan fingerprint density at radius 3 is 2.91 bits per heavy atom. The first-order valence-corrected chi connectivity index (χ1v) is 9.78. The summed E-state index contributed by atoms with van der Waals surface area (Å²) in [4.78, 5) is 12.9. The molecule has 2 aromatic rings. The zero-order valence-electron chi connectivity index (χ0n) is 12.9. The third-order valence-electron chi connectivity index (χ3n) is 4.22. The molecule has 0 bridgehead atoms. The van der Waals surface area contributed by atoms with E-state index in [0.717, 1.165) is 4.88 Å². The Bertz CT molecular complexity index is 570. The van der Waals surface area contributed by atoms with Crippen molar-refractivity contribution in [3.8, 4) is 0 Å². The first kappa shape index (κ1) is 16.6. The van der Waals surface area contributed by atoms with E-state index in [4.69, 9.17) is 4.42 Å². The maximum Gasteiger partial charge on any atom is 0.230 e. The van der Waals surface area contributed by atoms with Crippen molar-refractivity contribution in [1.82, 2.24) is 5.32 Å². The summed E-state index contributed by atoms with van der Waals surface area (Å²) in [6, 6.07) is 5.50. The summed E-state index contributed by atoms with van der Waals surface area (Å²) in [6.07, 6.45) is 8.04. The Balaban J connectivity index is 1.60. The largest absolute Gasteiger partial charge is 0.472 e. The highest BCUT2D eigenvalue weighted by Crippen LogP contribution is 2.33. The van der Waals surface area contributed by atoms with Crippen molar-refractivity contribution in [3.63, 3.8) is 0 Å². The van der Waals surface area contributed by atoms with Gasteiger partial charge in [0.2, 0.25) is 5.91 Å². The lowest BCUT2D eigenvalue weighted by atomic mass is 9.94. The molecule has 2 heterocycles. The highest BCUT2D eigenvalue weighted by molar-refractivity contribution is 8.00. The molecule has 124 valence electrons. The first-order valence-electron chi connectivity index (χ1n) is 7.86. The lowest BCUT2D eigenvalue weighted by molar-refractivity contribution is -0.119. The fraction of sp³-hybridized carbons (Fsp3) is 0.471. The minimum absolute atomic E-state index is 0.0274. The van der Waals surface area contributed by atoms with Crippen LogP contribution in [0.1, 0.15) is 36.1 Å². The lowest BCUT2D eigenvalue weighted by Crippen LogP contribution is -2.41. The van der Waals surface area contributed by atoms with Crippen LogP contribution < -0.4 is 5.32 Å². The molecule has 1 amide bonds. The Labute approximate surface area is 144 Å². The number of aliphatic hydroxyl groups is 1. The molecular formula is C17H21NO3S2. The number of hydrogen-bond acceptors (Lipinski definition) is 5. The standard InChI is InChI=1S/C17H21NO3S2/c19-16(11-23-14-4-1-2-5-14)18-12-17(20,13-7-8-21-10-13)15-6-3-9-22-15/h3,6-10,14,20H,1-2,4-5,11-12H2,(H,18,19). The number of thioether (sulfide) groups is 1. The summed E-state index contributed by atoms with van der Waals surface area (Å²) in [5, 5.41) is 16.5. The molecule has 1 unspecified atom stereocenters. The molecule has 1 fully saturated rings. The summed E-state index contributed by atoms with van der Waals surface area (Å²) >= 11 is 3.19. The zero-order chi connectivity index (χ0) is 16.1. The second-order valence-corrected chi connectivity index (χ2v) is 8.08. The summed E-state index contributed by atoms with van der Waals surface area (Å²) < 4.78 is 5.11. The van der Waals surface area contributed by atoms with Crippen LogP contribution in [0, 0.1) is 0 Å². The van der Waals surface area contributed by atoms with E-state index in [1.54, 1.807) is 17.8 Å². The van der Waals surface area contributed by atoms with E-state index in [9.17, 15) is 9.90 Å². The van der Waals surface area contributed by atoms with Gasteiger partial charge in [-0.25, -0.2) is 0 Å². The van der Waals surface area contributed by atoms with Gasteiger partial charge in [-0.15, -0.1) is 23.1 Å². The van der Waals surface area contributed by atoms with Gasteiger partial charge in [0.15, 0.2) is 0 Å². The van der Waals surface area contributed by atoms with Crippen molar-refractivity contribution in [2.45, 2.75) is 36.5 Å². The van der Waals surface area contributed by atoms with E-state index in [1.807, 2.05) is 17.5 Å². The third-order valence-corrected chi connectivity index (χ3v) is 6.61. The van der Waals surface area contributed by atoms with Gasteiger partial charge >= 0.3 is 0 Å². The normalized spacial score (nSPS) is 18.0. The smallest absolute Gasteiger partial charge is 0.230 e. The first-order chi connectivity index (χ1) is 11.2.